The summed E-state index contributed by atoms with van der Waals surface area (Å²) in [6.45, 7) is 4.01. The second-order valence-electron chi connectivity index (χ2n) is 6.02. The Morgan fingerprint density at radius 2 is 2.19 bits per heavy atom. The average Bonchev–Trinajstić information content (AvgIpc) is 3.07. The van der Waals surface area contributed by atoms with Crippen molar-refractivity contribution in [3.8, 4) is 0 Å². The predicted octanol–water partition coefficient (Wildman–Crippen LogP) is 1.99. The molecule has 1 aromatic heterocycles. The number of aliphatic imine (C=N–C) groups is 1. The van der Waals surface area contributed by atoms with Crippen LogP contribution in [0.5, 0.6) is 0 Å². The van der Waals surface area contributed by atoms with E-state index in [9.17, 15) is 0 Å². The quantitative estimate of drug-likeness (QED) is 0.623. The summed E-state index contributed by atoms with van der Waals surface area (Å²) < 4.78 is 0. The molecule has 6 heteroatoms. The SMILES string of the molecule is NC(=NCC1CCC1)NCCc1csc(N2CCCC2)n1. The predicted molar refractivity (Wildman–Crippen MR) is 89.1 cm³/mol. The molecule has 0 amide bonds. The zero-order chi connectivity index (χ0) is 14.5. The Labute approximate surface area is 130 Å². The van der Waals surface area contributed by atoms with Crippen LogP contribution in [-0.2, 0) is 6.42 Å². The fourth-order valence-electron chi connectivity index (χ4n) is 2.74. The molecule has 2 aliphatic rings. The molecular weight excluding hydrogens is 282 g/mol. The Kier molecular flexibility index (Phi) is 4.95. The molecule has 3 rings (SSSR count). The summed E-state index contributed by atoms with van der Waals surface area (Å²) >= 11 is 1.76. The van der Waals surface area contributed by atoms with Crippen LogP contribution in [0.25, 0.3) is 0 Å². The van der Waals surface area contributed by atoms with Crippen molar-refractivity contribution in [2.75, 3.05) is 31.1 Å². The number of hydrogen-bond acceptors (Lipinski definition) is 4. The van der Waals surface area contributed by atoms with Gasteiger partial charge in [-0.1, -0.05) is 6.42 Å². The first-order valence-electron chi connectivity index (χ1n) is 8.04. The Balaban J connectivity index is 1.38. The molecule has 2 fully saturated rings. The summed E-state index contributed by atoms with van der Waals surface area (Å²) in [5.74, 6) is 1.35. The van der Waals surface area contributed by atoms with E-state index in [0.717, 1.165) is 44.2 Å². The smallest absolute Gasteiger partial charge is 0.188 e. The molecule has 1 aliphatic carbocycles. The fourth-order valence-corrected chi connectivity index (χ4v) is 3.66. The van der Waals surface area contributed by atoms with E-state index >= 15 is 0 Å². The molecule has 0 bridgehead atoms. The van der Waals surface area contributed by atoms with Gasteiger partial charge in [0.15, 0.2) is 11.1 Å². The summed E-state index contributed by atoms with van der Waals surface area (Å²) in [5, 5.41) is 6.53. The van der Waals surface area contributed by atoms with Gasteiger partial charge in [0, 0.05) is 38.0 Å². The Hall–Kier alpha value is -1.30. The topological polar surface area (TPSA) is 66.5 Å². The molecule has 0 aromatic carbocycles. The number of nitrogens with one attached hydrogen (secondary N) is 1. The van der Waals surface area contributed by atoms with Crippen LogP contribution in [0.3, 0.4) is 0 Å². The standard InChI is InChI=1S/C15H25N5S/c16-14(18-10-12-4-3-5-12)17-7-6-13-11-21-15(19-13)20-8-1-2-9-20/h11-12H,1-10H2,(H3,16,17,18). The van der Waals surface area contributed by atoms with Crippen LogP contribution in [0, 0.1) is 5.92 Å². The van der Waals surface area contributed by atoms with Crippen molar-refractivity contribution in [2.45, 2.75) is 38.5 Å². The van der Waals surface area contributed by atoms with Gasteiger partial charge in [-0.25, -0.2) is 4.98 Å². The molecule has 2 heterocycles. The van der Waals surface area contributed by atoms with Gasteiger partial charge in [0.2, 0.25) is 0 Å². The van der Waals surface area contributed by atoms with Crippen LogP contribution >= 0.6 is 11.3 Å². The van der Waals surface area contributed by atoms with Gasteiger partial charge in [0.25, 0.3) is 0 Å². The van der Waals surface area contributed by atoms with Crippen LogP contribution in [0.4, 0.5) is 5.13 Å². The van der Waals surface area contributed by atoms with Crippen LogP contribution < -0.4 is 16.0 Å². The summed E-state index contributed by atoms with van der Waals surface area (Å²) in [5.41, 5.74) is 7.04. The number of aromatic nitrogens is 1. The maximum Gasteiger partial charge on any atom is 0.188 e. The molecule has 5 nitrogen and oxygen atoms in total. The van der Waals surface area contributed by atoms with Gasteiger partial charge in [0.1, 0.15) is 0 Å². The maximum absolute atomic E-state index is 5.88. The molecule has 0 radical (unpaired) electrons. The number of nitrogens with zero attached hydrogens (tertiary/aromatic N) is 3. The zero-order valence-electron chi connectivity index (χ0n) is 12.6. The van der Waals surface area contributed by atoms with E-state index in [-0.39, 0.29) is 0 Å². The van der Waals surface area contributed by atoms with E-state index in [1.54, 1.807) is 11.3 Å². The second kappa shape index (κ2) is 7.11. The van der Waals surface area contributed by atoms with E-state index in [4.69, 9.17) is 10.7 Å². The van der Waals surface area contributed by atoms with E-state index < -0.39 is 0 Å². The first-order valence-corrected chi connectivity index (χ1v) is 8.92. The largest absolute Gasteiger partial charge is 0.370 e. The van der Waals surface area contributed by atoms with E-state index in [1.165, 1.54) is 37.2 Å². The Bertz CT molecular complexity index is 474. The summed E-state index contributed by atoms with van der Waals surface area (Å²) in [4.78, 5) is 11.5. The van der Waals surface area contributed by atoms with Gasteiger partial charge in [-0.05, 0) is 31.6 Å². The minimum atomic E-state index is 0.580. The van der Waals surface area contributed by atoms with E-state index in [0.29, 0.717) is 5.96 Å². The Morgan fingerprint density at radius 3 is 2.90 bits per heavy atom. The van der Waals surface area contributed by atoms with Gasteiger partial charge in [0.05, 0.1) is 5.69 Å². The third-order valence-electron chi connectivity index (χ3n) is 4.35. The molecule has 21 heavy (non-hydrogen) atoms. The number of hydrogen-bond donors (Lipinski definition) is 2. The lowest BCUT2D eigenvalue weighted by Crippen LogP contribution is -2.34. The van der Waals surface area contributed by atoms with Crippen molar-refractivity contribution in [1.82, 2.24) is 10.3 Å². The lowest BCUT2D eigenvalue weighted by Gasteiger charge is -2.23. The van der Waals surface area contributed by atoms with E-state index in [2.05, 4.69) is 20.6 Å². The molecule has 1 saturated carbocycles. The zero-order valence-corrected chi connectivity index (χ0v) is 13.4. The molecule has 3 N–H and O–H groups in total. The summed E-state index contributed by atoms with van der Waals surface area (Å²) in [7, 11) is 0. The highest BCUT2D eigenvalue weighted by atomic mass is 32.1. The van der Waals surface area contributed by atoms with Gasteiger partial charge >= 0.3 is 0 Å². The van der Waals surface area contributed by atoms with Crippen molar-refractivity contribution in [2.24, 2.45) is 16.6 Å². The van der Waals surface area contributed by atoms with Crippen molar-refractivity contribution >= 4 is 22.4 Å². The molecule has 1 aliphatic heterocycles. The van der Waals surface area contributed by atoms with Crippen LogP contribution in [0.2, 0.25) is 0 Å². The molecule has 0 spiro atoms. The highest BCUT2D eigenvalue weighted by Crippen LogP contribution is 2.26. The highest BCUT2D eigenvalue weighted by Gasteiger charge is 2.17. The minimum Gasteiger partial charge on any atom is -0.370 e. The second-order valence-corrected chi connectivity index (χ2v) is 6.85. The van der Waals surface area contributed by atoms with Crippen molar-refractivity contribution in [1.29, 1.82) is 0 Å². The molecular formula is C15H25N5S. The van der Waals surface area contributed by atoms with Crippen LogP contribution in [0.1, 0.15) is 37.8 Å². The molecule has 0 atom stereocenters. The Morgan fingerprint density at radius 1 is 1.38 bits per heavy atom. The number of anilines is 1. The number of rotatable bonds is 6. The lowest BCUT2D eigenvalue weighted by atomic mass is 9.86. The average molecular weight is 307 g/mol. The number of nitrogens with two attached hydrogens (primary N) is 1. The third-order valence-corrected chi connectivity index (χ3v) is 5.30. The van der Waals surface area contributed by atoms with Gasteiger partial charge in [-0.15, -0.1) is 11.3 Å². The fraction of sp³-hybridized carbons (Fsp3) is 0.733. The maximum atomic E-state index is 5.88. The van der Waals surface area contributed by atoms with Crippen molar-refractivity contribution < 1.29 is 0 Å². The third kappa shape index (κ3) is 4.09. The number of thiazole rings is 1. The summed E-state index contributed by atoms with van der Waals surface area (Å²) in [6, 6.07) is 0. The first kappa shape index (κ1) is 14.6. The number of guanidine groups is 1. The van der Waals surface area contributed by atoms with Gasteiger partial charge in [-0.2, -0.15) is 0 Å². The van der Waals surface area contributed by atoms with Gasteiger partial charge in [-0.3, -0.25) is 4.99 Å². The van der Waals surface area contributed by atoms with Crippen LogP contribution in [0.15, 0.2) is 10.4 Å². The van der Waals surface area contributed by atoms with Crippen molar-refractivity contribution in [3.63, 3.8) is 0 Å². The monoisotopic (exact) mass is 307 g/mol. The van der Waals surface area contributed by atoms with E-state index in [1.807, 2.05) is 0 Å². The summed E-state index contributed by atoms with van der Waals surface area (Å²) in [6.07, 6.45) is 7.49. The highest BCUT2D eigenvalue weighted by molar-refractivity contribution is 7.13. The molecule has 1 aromatic rings. The van der Waals surface area contributed by atoms with Crippen molar-refractivity contribution in [3.05, 3.63) is 11.1 Å². The minimum absolute atomic E-state index is 0.580. The lowest BCUT2D eigenvalue weighted by molar-refractivity contribution is 0.326. The molecule has 116 valence electrons. The normalized spacial score (nSPS) is 19.8. The van der Waals surface area contributed by atoms with Gasteiger partial charge < -0.3 is 16.0 Å². The first-order chi connectivity index (χ1) is 10.3. The molecule has 0 unspecified atom stereocenters. The molecule has 1 saturated heterocycles. The van der Waals surface area contributed by atoms with Crippen LogP contribution in [-0.4, -0.2) is 37.1 Å².